The first-order valence-corrected chi connectivity index (χ1v) is 7.53. The average molecular weight is 277 g/mol. The summed E-state index contributed by atoms with van der Waals surface area (Å²) < 4.78 is 1.88. The molecule has 0 aliphatic carbocycles. The molecule has 0 spiro atoms. The van der Waals surface area contributed by atoms with Crippen molar-refractivity contribution in [3.8, 4) is 0 Å². The summed E-state index contributed by atoms with van der Waals surface area (Å²) in [5.41, 5.74) is 3.79. The fraction of sp³-hybridized carbons (Fsp3) is 0.533. The van der Waals surface area contributed by atoms with E-state index in [9.17, 15) is 0 Å². The van der Waals surface area contributed by atoms with Gasteiger partial charge in [0.15, 0.2) is 0 Å². The SMILES string of the molecule is Cc1cc(C(C)NC(C)c2cn(C)nc2C)c(C)s1. The molecule has 0 aliphatic heterocycles. The lowest BCUT2D eigenvalue weighted by Gasteiger charge is -2.20. The highest BCUT2D eigenvalue weighted by atomic mass is 32.1. The summed E-state index contributed by atoms with van der Waals surface area (Å²) >= 11 is 1.87. The lowest BCUT2D eigenvalue weighted by Crippen LogP contribution is -2.22. The molecule has 0 saturated carbocycles. The van der Waals surface area contributed by atoms with Crippen LogP contribution in [0, 0.1) is 20.8 Å². The quantitative estimate of drug-likeness (QED) is 0.920. The zero-order valence-corrected chi connectivity index (χ0v) is 13.4. The van der Waals surface area contributed by atoms with E-state index in [1.54, 1.807) is 0 Å². The van der Waals surface area contributed by atoms with Crippen molar-refractivity contribution in [3.05, 3.63) is 38.8 Å². The van der Waals surface area contributed by atoms with Gasteiger partial charge in [0.1, 0.15) is 0 Å². The molecule has 0 bridgehead atoms. The Bertz CT molecular complexity index is 518. The predicted molar refractivity (Wildman–Crippen MR) is 81.7 cm³/mol. The largest absolute Gasteiger partial charge is 0.303 e. The van der Waals surface area contributed by atoms with Crippen molar-refractivity contribution in [1.29, 1.82) is 0 Å². The summed E-state index contributed by atoms with van der Waals surface area (Å²) in [5.74, 6) is 0. The Balaban J connectivity index is 2.12. The lowest BCUT2D eigenvalue weighted by molar-refractivity contribution is 0.492. The molecule has 0 aromatic carbocycles. The van der Waals surface area contributed by atoms with Crippen LogP contribution in [0.3, 0.4) is 0 Å². The van der Waals surface area contributed by atoms with Gasteiger partial charge in [0.05, 0.1) is 5.69 Å². The van der Waals surface area contributed by atoms with Gasteiger partial charge in [-0.3, -0.25) is 4.68 Å². The van der Waals surface area contributed by atoms with E-state index < -0.39 is 0 Å². The molecule has 2 atom stereocenters. The van der Waals surface area contributed by atoms with Crippen LogP contribution in [-0.2, 0) is 7.05 Å². The molecule has 0 fully saturated rings. The van der Waals surface area contributed by atoms with E-state index in [1.165, 1.54) is 20.9 Å². The Kier molecular flexibility index (Phi) is 4.11. The number of hydrogen-bond donors (Lipinski definition) is 1. The molecular formula is C15H23N3S. The maximum atomic E-state index is 4.41. The summed E-state index contributed by atoms with van der Waals surface area (Å²) in [5, 5.41) is 8.09. The van der Waals surface area contributed by atoms with E-state index in [4.69, 9.17) is 0 Å². The van der Waals surface area contributed by atoms with Gasteiger partial charge in [-0.05, 0) is 46.2 Å². The van der Waals surface area contributed by atoms with Crippen LogP contribution in [0.25, 0.3) is 0 Å². The third kappa shape index (κ3) is 3.07. The van der Waals surface area contributed by atoms with Gasteiger partial charge in [0, 0.05) is 40.6 Å². The number of nitrogens with zero attached hydrogens (tertiary/aromatic N) is 2. The van der Waals surface area contributed by atoms with Crippen molar-refractivity contribution in [2.45, 2.75) is 46.7 Å². The van der Waals surface area contributed by atoms with E-state index in [1.807, 2.05) is 23.1 Å². The smallest absolute Gasteiger partial charge is 0.0641 e. The second-order valence-corrected chi connectivity index (χ2v) is 6.78. The highest BCUT2D eigenvalue weighted by Gasteiger charge is 2.17. The first kappa shape index (κ1) is 14.3. The molecule has 3 nitrogen and oxygen atoms in total. The van der Waals surface area contributed by atoms with Crippen LogP contribution >= 0.6 is 11.3 Å². The zero-order chi connectivity index (χ0) is 14.2. The van der Waals surface area contributed by atoms with Crippen molar-refractivity contribution < 1.29 is 0 Å². The monoisotopic (exact) mass is 277 g/mol. The van der Waals surface area contributed by atoms with Crippen molar-refractivity contribution in [2.75, 3.05) is 0 Å². The second kappa shape index (κ2) is 5.47. The molecule has 0 radical (unpaired) electrons. The Morgan fingerprint density at radius 2 is 1.79 bits per heavy atom. The predicted octanol–water partition coefficient (Wildman–Crippen LogP) is 3.82. The van der Waals surface area contributed by atoms with Crippen molar-refractivity contribution in [2.24, 2.45) is 7.05 Å². The van der Waals surface area contributed by atoms with E-state index >= 15 is 0 Å². The number of nitrogens with one attached hydrogen (secondary N) is 1. The van der Waals surface area contributed by atoms with Crippen LogP contribution < -0.4 is 5.32 Å². The van der Waals surface area contributed by atoms with Gasteiger partial charge >= 0.3 is 0 Å². The van der Waals surface area contributed by atoms with E-state index in [0.29, 0.717) is 12.1 Å². The second-order valence-electron chi connectivity index (χ2n) is 5.32. The highest BCUT2D eigenvalue weighted by Crippen LogP contribution is 2.28. The summed E-state index contributed by atoms with van der Waals surface area (Å²) in [4.78, 5) is 2.79. The molecule has 0 amide bonds. The van der Waals surface area contributed by atoms with Crippen LogP contribution in [-0.4, -0.2) is 9.78 Å². The molecule has 1 N–H and O–H groups in total. The Morgan fingerprint density at radius 3 is 2.26 bits per heavy atom. The fourth-order valence-electron chi connectivity index (χ4n) is 2.68. The summed E-state index contributed by atoms with van der Waals surface area (Å²) in [6.45, 7) is 10.9. The van der Waals surface area contributed by atoms with Crippen molar-refractivity contribution in [1.82, 2.24) is 15.1 Å². The number of hydrogen-bond acceptors (Lipinski definition) is 3. The lowest BCUT2D eigenvalue weighted by atomic mass is 10.1. The van der Waals surface area contributed by atoms with Gasteiger partial charge in [0.2, 0.25) is 0 Å². The molecule has 2 aromatic rings. The standard InChI is InChI=1S/C15H23N3S/c1-9-7-14(13(5)19-9)10(2)16-11(3)15-8-18(6)17-12(15)4/h7-8,10-11,16H,1-6H3. The molecule has 2 aromatic heterocycles. The van der Waals surface area contributed by atoms with Crippen LogP contribution in [0.2, 0.25) is 0 Å². The number of thiophene rings is 1. The maximum Gasteiger partial charge on any atom is 0.0641 e. The van der Waals surface area contributed by atoms with Crippen molar-refractivity contribution >= 4 is 11.3 Å². The summed E-state index contributed by atoms with van der Waals surface area (Å²) in [6.07, 6.45) is 2.10. The van der Waals surface area contributed by atoms with Crippen LogP contribution in [0.15, 0.2) is 12.3 Å². The molecule has 0 aliphatic rings. The van der Waals surface area contributed by atoms with E-state index in [2.05, 4.69) is 57.3 Å². The van der Waals surface area contributed by atoms with Crippen molar-refractivity contribution in [3.63, 3.8) is 0 Å². The molecule has 104 valence electrons. The minimum atomic E-state index is 0.309. The minimum Gasteiger partial charge on any atom is -0.303 e. The first-order valence-electron chi connectivity index (χ1n) is 6.71. The van der Waals surface area contributed by atoms with E-state index in [0.717, 1.165) is 5.69 Å². The maximum absolute atomic E-state index is 4.41. The van der Waals surface area contributed by atoms with Crippen LogP contribution in [0.5, 0.6) is 0 Å². The van der Waals surface area contributed by atoms with Gasteiger partial charge in [-0.2, -0.15) is 5.10 Å². The normalized spacial score (nSPS) is 14.6. The molecule has 4 heteroatoms. The minimum absolute atomic E-state index is 0.309. The number of aryl methyl sites for hydroxylation is 4. The fourth-order valence-corrected chi connectivity index (χ4v) is 3.70. The average Bonchev–Trinajstić information content (AvgIpc) is 2.81. The number of aromatic nitrogens is 2. The number of rotatable bonds is 4. The first-order chi connectivity index (χ1) is 8.88. The summed E-state index contributed by atoms with van der Waals surface area (Å²) in [7, 11) is 1.97. The molecule has 2 rings (SSSR count). The molecule has 2 heterocycles. The Morgan fingerprint density at radius 1 is 1.16 bits per heavy atom. The molecular weight excluding hydrogens is 254 g/mol. The molecule has 2 unspecified atom stereocenters. The topological polar surface area (TPSA) is 29.9 Å². The van der Waals surface area contributed by atoms with Crippen LogP contribution in [0.4, 0.5) is 0 Å². The van der Waals surface area contributed by atoms with Gasteiger partial charge in [-0.25, -0.2) is 0 Å². The third-order valence-corrected chi connectivity index (χ3v) is 4.55. The van der Waals surface area contributed by atoms with Gasteiger partial charge in [0.25, 0.3) is 0 Å². The van der Waals surface area contributed by atoms with Gasteiger partial charge < -0.3 is 5.32 Å². The third-order valence-electron chi connectivity index (χ3n) is 3.56. The Hall–Kier alpha value is -1.13. The van der Waals surface area contributed by atoms with Gasteiger partial charge in [-0.1, -0.05) is 0 Å². The van der Waals surface area contributed by atoms with Gasteiger partial charge in [-0.15, -0.1) is 11.3 Å². The summed E-state index contributed by atoms with van der Waals surface area (Å²) in [6, 6.07) is 2.96. The highest BCUT2D eigenvalue weighted by molar-refractivity contribution is 7.12. The Labute approximate surface area is 119 Å². The van der Waals surface area contributed by atoms with Crippen LogP contribution in [0.1, 0.15) is 52.5 Å². The van der Waals surface area contributed by atoms with E-state index in [-0.39, 0.29) is 0 Å². The molecule has 19 heavy (non-hydrogen) atoms. The zero-order valence-electron chi connectivity index (χ0n) is 12.6. The molecule has 0 saturated heterocycles.